The van der Waals surface area contributed by atoms with Crippen LogP contribution in [0.2, 0.25) is 0 Å². The van der Waals surface area contributed by atoms with Gasteiger partial charge in [0.25, 0.3) is 5.91 Å². The number of alkyl halides is 1. The Balaban J connectivity index is 2.06. The lowest BCUT2D eigenvalue weighted by Crippen LogP contribution is -2.27. The average Bonchev–Trinajstić information content (AvgIpc) is 2.60. The van der Waals surface area contributed by atoms with Gasteiger partial charge in [0.05, 0.1) is 6.04 Å². The van der Waals surface area contributed by atoms with E-state index in [0.717, 1.165) is 11.1 Å². The Labute approximate surface area is 158 Å². The summed E-state index contributed by atoms with van der Waals surface area (Å²) in [5, 5.41) is 5.46. The first-order chi connectivity index (χ1) is 12.8. The maximum Gasteiger partial charge on any atom is 0.251 e. The van der Waals surface area contributed by atoms with E-state index in [1.165, 1.54) is 26.1 Å². The quantitative estimate of drug-likeness (QED) is 0.777. The molecule has 0 spiro atoms. The summed E-state index contributed by atoms with van der Waals surface area (Å²) < 4.78 is 18.4. The van der Waals surface area contributed by atoms with Crippen molar-refractivity contribution in [1.82, 2.24) is 10.3 Å². The second-order valence-corrected chi connectivity index (χ2v) is 6.42. The molecule has 1 aromatic heterocycles. The van der Waals surface area contributed by atoms with Gasteiger partial charge in [0, 0.05) is 18.7 Å². The van der Waals surface area contributed by atoms with Gasteiger partial charge >= 0.3 is 0 Å². The molecular formula is C20H24FN3O3. The smallest absolute Gasteiger partial charge is 0.251 e. The van der Waals surface area contributed by atoms with E-state index in [1.54, 1.807) is 12.1 Å². The fourth-order valence-electron chi connectivity index (χ4n) is 2.49. The number of rotatable bonds is 7. The van der Waals surface area contributed by atoms with E-state index < -0.39 is 6.17 Å². The minimum atomic E-state index is -1.04. The largest absolute Gasteiger partial charge is 0.490 e. The van der Waals surface area contributed by atoms with Crippen molar-refractivity contribution in [3.63, 3.8) is 0 Å². The second kappa shape index (κ2) is 9.12. The maximum absolute atomic E-state index is 12.9. The van der Waals surface area contributed by atoms with Crippen LogP contribution in [0.15, 0.2) is 36.5 Å². The Morgan fingerprint density at radius 1 is 1.22 bits per heavy atom. The van der Waals surface area contributed by atoms with Crippen molar-refractivity contribution in [2.45, 2.75) is 39.9 Å². The minimum Gasteiger partial charge on any atom is -0.490 e. The first-order valence-electron chi connectivity index (χ1n) is 8.68. The molecule has 6 nitrogen and oxygen atoms in total. The van der Waals surface area contributed by atoms with Gasteiger partial charge in [-0.15, -0.1) is 0 Å². The molecule has 2 atom stereocenters. The molecule has 0 aliphatic carbocycles. The van der Waals surface area contributed by atoms with Crippen molar-refractivity contribution in [2.24, 2.45) is 0 Å². The van der Waals surface area contributed by atoms with E-state index >= 15 is 0 Å². The van der Waals surface area contributed by atoms with E-state index in [1.807, 2.05) is 26.0 Å². The third kappa shape index (κ3) is 6.06. The van der Waals surface area contributed by atoms with Crippen LogP contribution in [0.25, 0.3) is 0 Å². The Hall–Kier alpha value is -2.96. The highest BCUT2D eigenvalue weighted by atomic mass is 19.1. The third-order valence-corrected chi connectivity index (χ3v) is 3.84. The lowest BCUT2D eigenvalue weighted by atomic mass is 10.0. The van der Waals surface area contributed by atoms with Gasteiger partial charge in [0.2, 0.25) is 5.91 Å². The van der Waals surface area contributed by atoms with Crippen LogP contribution >= 0.6 is 0 Å². The van der Waals surface area contributed by atoms with E-state index in [2.05, 4.69) is 15.6 Å². The van der Waals surface area contributed by atoms with E-state index in [4.69, 9.17) is 4.74 Å². The average molecular weight is 373 g/mol. The molecule has 0 saturated carbocycles. The standard InChI is InChI=1S/C20H24FN3O3/c1-12-9-16(5-6-18(12)27-11-13(2)21)14(3)23-20(26)17-7-8-22-19(10-17)24-15(4)25/h5-10,13-14H,11H2,1-4H3,(H,23,26)(H,22,24,25)/t13-,14?/m1/s1. The molecule has 27 heavy (non-hydrogen) atoms. The van der Waals surface area contributed by atoms with E-state index in [9.17, 15) is 14.0 Å². The van der Waals surface area contributed by atoms with Crippen LogP contribution in [0.1, 0.15) is 48.3 Å². The normalized spacial score (nSPS) is 12.8. The molecule has 1 unspecified atom stereocenters. The monoisotopic (exact) mass is 373 g/mol. The van der Waals surface area contributed by atoms with Crippen LogP contribution in [0, 0.1) is 6.92 Å². The Bertz CT molecular complexity index is 824. The Morgan fingerprint density at radius 2 is 1.96 bits per heavy atom. The first kappa shape index (κ1) is 20.4. The summed E-state index contributed by atoms with van der Waals surface area (Å²) in [4.78, 5) is 27.6. The molecule has 7 heteroatoms. The summed E-state index contributed by atoms with van der Waals surface area (Å²) in [6, 6.07) is 8.36. The van der Waals surface area contributed by atoms with Crippen molar-refractivity contribution >= 4 is 17.6 Å². The molecule has 0 aliphatic rings. The number of amides is 2. The zero-order valence-electron chi connectivity index (χ0n) is 15.9. The number of ether oxygens (including phenoxy) is 1. The van der Waals surface area contributed by atoms with Crippen LogP contribution in [0.3, 0.4) is 0 Å². The zero-order valence-corrected chi connectivity index (χ0v) is 15.9. The van der Waals surface area contributed by atoms with Crippen LogP contribution in [-0.2, 0) is 4.79 Å². The number of nitrogens with zero attached hydrogens (tertiary/aromatic N) is 1. The number of hydrogen-bond acceptors (Lipinski definition) is 4. The number of hydrogen-bond donors (Lipinski definition) is 2. The van der Waals surface area contributed by atoms with Gasteiger partial charge < -0.3 is 15.4 Å². The summed E-state index contributed by atoms with van der Waals surface area (Å²) >= 11 is 0. The molecule has 1 aromatic carbocycles. The summed E-state index contributed by atoms with van der Waals surface area (Å²) in [5.41, 5.74) is 2.16. The van der Waals surface area contributed by atoms with Crippen molar-refractivity contribution in [3.05, 3.63) is 53.2 Å². The van der Waals surface area contributed by atoms with Gasteiger partial charge in [-0.05, 0) is 50.1 Å². The number of anilines is 1. The molecule has 2 N–H and O–H groups in total. The van der Waals surface area contributed by atoms with Gasteiger partial charge in [-0.3, -0.25) is 9.59 Å². The zero-order chi connectivity index (χ0) is 20.0. The number of benzene rings is 1. The molecule has 2 amide bonds. The van der Waals surface area contributed by atoms with Gasteiger partial charge in [-0.2, -0.15) is 0 Å². The molecule has 0 aliphatic heterocycles. The van der Waals surface area contributed by atoms with Gasteiger partial charge in [0.15, 0.2) is 0 Å². The number of nitrogens with one attached hydrogen (secondary N) is 2. The number of aryl methyl sites for hydroxylation is 1. The number of aromatic nitrogens is 1. The number of pyridine rings is 1. The summed E-state index contributed by atoms with van der Waals surface area (Å²) in [7, 11) is 0. The molecule has 2 aromatic rings. The van der Waals surface area contributed by atoms with Gasteiger partial charge in [0.1, 0.15) is 24.3 Å². The number of carbonyl (C=O) groups excluding carboxylic acids is 2. The van der Waals surface area contributed by atoms with Crippen LogP contribution in [0.4, 0.5) is 10.2 Å². The van der Waals surface area contributed by atoms with Gasteiger partial charge in [-0.1, -0.05) is 12.1 Å². The Kier molecular flexibility index (Phi) is 6.87. The lowest BCUT2D eigenvalue weighted by Gasteiger charge is -2.17. The van der Waals surface area contributed by atoms with Crippen molar-refractivity contribution in [1.29, 1.82) is 0 Å². The van der Waals surface area contributed by atoms with Crippen molar-refractivity contribution in [2.75, 3.05) is 11.9 Å². The van der Waals surface area contributed by atoms with Crippen LogP contribution < -0.4 is 15.4 Å². The summed E-state index contributed by atoms with van der Waals surface area (Å²) in [6.45, 7) is 6.56. The highest BCUT2D eigenvalue weighted by Gasteiger charge is 2.14. The van der Waals surface area contributed by atoms with Crippen LogP contribution in [0.5, 0.6) is 5.75 Å². The predicted molar refractivity (Wildman–Crippen MR) is 102 cm³/mol. The fraction of sp³-hybridized carbons (Fsp3) is 0.350. The second-order valence-electron chi connectivity index (χ2n) is 6.42. The topological polar surface area (TPSA) is 80.3 Å². The van der Waals surface area contributed by atoms with Crippen LogP contribution in [-0.4, -0.2) is 29.6 Å². The number of halogens is 1. The maximum atomic E-state index is 12.9. The Morgan fingerprint density at radius 3 is 2.59 bits per heavy atom. The third-order valence-electron chi connectivity index (χ3n) is 3.84. The van der Waals surface area contributed by atoms with E-state index in [-0.39, 0.29) is 24.5 Å². The molecule has 2 rings (SSSR count). The molecule has 0 saturated heterocycles. The highest BCUT2D eigenvalue weighted by Crippen LogP contribution is 2.23. The fourth-order valence-corrected chi connectivity index (χ4v) is 2.49. The SMILES string of the molecule is CC(=O)Nc1cc(C(=O)NC(C)c2ccc(OC[C@@H](C)F)c(C)c2)ccn1. The van der Waals surface area contributed by atoms with Gasteiger partial charge in [-0.25, -0.2) is 9.37 Å². The molecule has 0 radical (unpaired) electrons. The lowest BCUT2D eigenvalue weighted by molar-refractivity contribution is -0.114. The van der Waals surface area contributed by atoms with Crippen molar-refractivity contribution in [3.8, 4) is 5.75 Å². The number of carbonyl (C=O) groups is 2. The predicted octanol–water partition coefficient (Wildman–Crippen LogP) is 3.58. The molecule has 1 heterocycles. The van der Waals surface area contributed by atoms with Crippen molar-refractivity contribution < 1.29 is 18.7 Å². The van der Waals surface area contributed by atoms with E-state index in [0.29, 0.717) is 17.1 Å². The summed E-state index contributed by atoms with van der Waals surface area (Å²) in [5.74, 6) is 0.409. The first-order valence-corrected chi connectivity index (χ1v) is 8.68. The molecule has 0 bridgehead atoms. The highest BCUT2D eigenvalue weighted by molar-refractivity contribution is 5.96. The molecular weight excluding hydrogens is 349 g/mol. The molecule has 144 valence electrons. The molecule has 0 fully saturated rings. The summed E-state index contributed by atoms with van der Waals surface area (Å²) in [6.07, 6.45) is 0.428. The minimum absolute atomic E-state index is 0.00511.